The van der Waals surface area contributed by atoms with Gasteiger partial charge >= 0.3 is 5.97 Å². The van der Waals surface area contributed by atoms with Crippen LogP contribution in [-0.2, 0) is 28.3 Å². The molecule has 0 spiro atoms. The van der Waals surface area contributed by atoms with Crippen LogP contribution in [-0.4, -0.2) is 37.0 Å². The van der Waals surface area contributed by atoms with E-state index in [1.807, 2.05) is 0 Å². The van der Waals surface area contributed by atoms with Gasteiger partial charge in [0.25, 0.3) is 15.9 Å². The minimum Gasteiger partial charge on any atom is -0.481 e. The summed E-state index contributed by atoms with van der Waals surface area (Å²) < 4.78 is 28.0. The van der Waals surface area contributed by atoms with Crippen molar-refractivity contribution in [1.29, 1.82) is 0 Å². The molecule has 0 aliphatic carbocycles. The predicted molar refractivity (Wildman–Crippen MR) is 91.9 cm³/mol. The Morgan fingerprint density at radius 1 is 1.28 bits per heavy atom. The van der Waals surface area contributed by atoms with Gasteiger partial charge in [-0.3, -0.25) is 13.9 Å². The van der Waals surface area contributed by atoms with Gasteiger partial charge in [0.05, 0.1) is 5.69 Å². The zero-order valence-electron chi connectivity index (χ0n) is 13.8. The second-order valence-electron chi connectivity index (χ2n) is 5.57. The van der Waals surface area contributed by atoms with Gasteiger partial charge in [-0.25, -0.2) is 8.42 Å². The normalized spacial score (nSPS) is 11.3. The second-order valence-corrected chi connectivity index (χ2v) is 7.54. The average molecular weight is 365 g/mol. The van der Waals surface area contributed by atoms with Crippen molar-refractivity contribution >= 4 is 27.6 Å². The number of nitrogens with two attached hydrogens (primary N) is 1. The summed E-state index contributed by atoms with van der Waals surface area (Å²) >= 11 is 0. The highest BCUT2D eigenvalue weighted by Crippen LogP contribution is 2.24. The first-order chi connectivity index (χ1) is 11.6. The molecule has 0 bridgehead atoms. The predicted octanol–water partition coefficient (Wildman–Crippen LogP) is 0.966. The molecule has 0 radical (unpaired) electrons. The van der Waals surface area contributed by atoms with Gasteiger partial charge in [0.2, 0.25) is 0 Å². The highest BCUT2D eigenvalue weighted by Gasteiger charge is 2.24. The molecule has 134 valence electrons. The smallest absolute Gasteiger partial charge is 0.303 e. The molecule has 0 fully saturated rings. The molecule has 1 aromatic carbocycles. The van der Waals surface area contributed by atoms with Gasteiger partial charge in [0.1, 0.15) is 10.6 Å². The summed E-state index contributed by atoms with van der Waals surface area (Å²) in [5, 5.41) is 8.76. The Bertz CT molecular complexity index is 918. The van der Waals surface area contributed by atoms with E-state index in [4.69, 9.17) is 10.8 Å². The fraction of sp³-hybridized carbons (Fsp3) is 0.250. The van der Waals surface area contributed by atoms with Crippen molar-refractivity contribution in [1.82, 2.24) is 4.57 Å². The lowest BCUT2D eigenvalue weighted by Crippen LogP contribution is -2.26. The summed E-state index contributed by atoms with van der Waals surface area (Å²) in [6.07, 6.45) is 1.58. The molecular weight excluding hydrogens is 346 g/mol. The van der Waals surface area contributed by atoms with Gasteiger partial charge in [-0.05, 0) is 30.2 Å². The van der Waals surface area contributed by atoms with Crippen molar-refractivity contribution in [3.8, 4) is 0 Å². The Hall–Kier alpha value is -2.81. The fourth-order valence-corrected chi connectivity index (χ4v) is 3.64. The van der Waals surface area contributed by atoms with E-state index in [9.17, 15) is 18.0 Å². The third-order valence-electron chi connectivity index (χ3n) is 3.79. The number of rotatable bonds is 7. The number of carboxylic acid groups (broad SMARTS) is 1. The van der Waals surface area contributed by atoms with E-state index in [1.54, 1.807) is 24.3 Å². The van der Waals surface area contributed by atoms with Crippen LogP contribution in [0.3, 0.4) is 0 Å². The molecule has 1 heterocycles. The molecule has 0 saturated carbocycles. The first-order valence-corrected chi connectivity index (χ1v) is 8.82. The number of aryl methyl sites for hydroxylation is 2. The lowest BCUT2D eigenvalue weighted by molar-refractivity contribution is -0.136. The van der Waals surface area contributed by atoms with E-state index in [0.29, 0.717) is 17.7 Å². The fourth-order valence-electron chi connectivity index (χ4n) is 2.38. The molecule has 1 aromatic heterocycles. The van der Waals surface area contributed by atoms with Crippen LogP contribution >= 0.6 is 0 Å². The number of amides is 1. The average Bonchev–Trinajstić information content (AvgIpc) is 2.95. The monoisotopic (exact) mass is 365 g/mol. The zero-order chi connectivity index (χ0) is 18.8. The highest BCUT2D eigenvalue weighted by molar-refractivity contribution is 7.92. The molecule has 0 atom stereocenters. The SMILES string of the molecule is CN(c1cccc(CCC(=O)O)c1)S(=O)(=O)c1cc(C(N)=O)n(C)c1. The Kier molecular flexibility index (Phi) is 5.17. The number of anilines is 1. The van der Waals surface area contributed by atoms with Crippen molar-refractivity contribution in [2.24, 2.45) is 12.8 Å². The summed E-state index contributed by atoms with van der Waals surface area (Å²) in [7, 11) is -0.962. The number of nitrogens with zero attached hydrogens (tertiary/aromatic N) is 2. The molecule has 3 N–H and O–H groups in total. The number of primary amides is 1. The summed E-state index contributed by atoms with van der Waals surface area (Å²) in [5.41, 5.74) is 6.42. The lowest BCUT2D eigenvalue weighted by Gasteiger charge is -2.19. The third-order valence-corrected chi connectivity index (χ3v) is 5.54. The lowest BCUT2D eigenvalue weighted by atomic mass is 10.1. The molecular formula is C16H19N3O5S. The van der Waals surface area contributed by atoms with Crippen LogP contribution < -0.4 is 10.0 Å². The van der Waals surface area contributed by atoms with Crippen LogP contribution in [0.1, 0.15) is 22.5 Å². The molecule has 0 aliphatic heterocycles. The van der Waals surface area contributed by atoms with Gasteiger partial charge in [-0.15, -0.1) is 0 Å². The standard InChI is InChI=1S/C16H19N3O5S/c1-18-10-13(9-14(18)16(17)22)25(23,24)19(2)12-5-3-4-11(8-12)6-7-15(20)21/h3-5,8-10H,6-7H2,1-2H3,(H2,17,22)(H,20,21). The highest BCUT2D eigenvalue weighted by atomic mass is 32.2. The first-order valence-electron chi connectivity index (χ1n) is 7.38. The van der Waals surface area contributed by atoms with E-state index in [2.05, 4.69) is 0 Å². The molecule has 1 amide bonds. The maximum atomic E-state index is 12.8. The Balaban J connectivity index is 2.34. The molecule has 0 aliphatic rings. The van der Waals surface area contributed by atoms with Crippen LogP contribution in [0.4, 0.5) is 5.69 Å². The Morgan fingerprint density at radius 3 is 2.52 bits per heavy atom. The number of aliphatic carboxylic acids is 1. The minimum atomic E-state index is -3.89. The van der Waals surface area contributed by atoms with Crippen LogP contribution in [0.15, 0.2) is 41.4 Å². The number of hydrogen-bond donors (Lipinski definition) is 2. The Morgan fingerprint density at radius 2 is 1.96 bits per heavy atom. The number of sulfonamides is 1. The first kappa shape index (κ1) is 18.5. The largest absolute Gasteiger partial charge is 0.481 e. The Labute approximate surface area is 145 Å². The molecule has 2 aromatic rings. The van der Waals surface area contributed by atoms with Crippen molar-refractivity contribution in [2.75, 3.05) is 11.4 Å². The number of carboxylic acids is 1. The quantitative estimate of drug-likeness (QED) is 0.757. The second kappa shape index (κ2) is 6.98. The number of carbonyl (C=O) groups is 2. The van der Waals surface area contributed by atoms with Crippen molar-refractivity contribution in [2.45, 2.75) is 17.7 Å². The van der Waals surface area contributed by atoms with Gasteiger partial charge in [-0.1, -0.05) is 12.1 Å². The molecule has 8 nitrogen and oxygen atoms in total. The van der Waals surface area contributed by atoms with Crippen molar-refractivity contribution in [3.63, 3.8) is 0 Å². The molecule has 2 rings (SSSR count). The van der Waals surface area contributed by atoms with Crippen LogP contribution in [0.25, 0.3) is 0 Å². The summed E-state index contributed by atoms with van der Waals surface area (Å²) in [5.74, 6) is -1.64. The van der Waals surface area contributed by atoms with Gasteiger partial charge < -0.3 is 15.4 Å². The summed E-state index contributed by atoms with van der Waals surface area (Å²) in [6.45, 7) is 0. The van der Waals surface area contributed by atoms with Crippen LogP contribution in [0.5, 0.6) is 0 Å². The van der Waals surface area contributed by atoms with Crippen LogP contribution in [0, 0.1) is 0 Å². The van der Waals surface area contributed by atoms with Crippen LogP contribution in [0.2, 0.25) is 0 Å². The van der Waals surface area contributed by atoms with Gasteiger partial charge in [0.15, 0.2) is 0 Å². The number of hydrogen-bond acceptors (Lipinski definition) is 4. The number of aromatic nitrogens is 1. The van der Waals surface area contributed by atoms with E-state index in [1.165, 1.54) is 30.9 Å². The zero-order valence-corrected chi connectivity index (χ0v) is 14.7. The minimum absolute atomic E-state index is 0.0411. The molecule has 0 unspecified atom stereocenters. The number of benzene rings is 1. The topological polar surface area (TPSA) is 123 Å². The summed E-state index contributed by atoms with van der Waals surface area (Å²) in [6, 6.07) is 7.86. The van der Waals surface area contributed by atoms with Gasteiger partial charge in [-0.2, -0.15) is 0 Å². The summed E-state index contributed by atoms with van der Waals surface area (Å²) in [4.78, 5) is 21.9. The van der Waals surface area contributed by atoms with Crippen molar-refractivity contribution in [3.05, 3.63) is 47.8 Å². The van der Waals surface area contributed by atoms with E-state index in [0.717, 1.165) is 4.31 Å². The molecule has 25 heavy (non-hydrogen) atoms. The molecule has 9 heteroatoms. The maximum absolute atomic E-state index is 12.8. The van der Waals surface area contributed by atoms with Gasteiger partial charge in [0, 0.05) is 26.7 Å². The van der Waals surface area contributed by atoms with E-state index in [-0.39, 0.29) is 17.0 Å². The maximum Gasteiger partial charge on any atom is 0.303 e. The molecule has 0 saturated heterocycles. The van der Waals surface area contributed by atoms with Crippen molar-refractivity contribution < 1.29 is 23.1 Å². The number of carbonyl (C=O) groups excluding carboxylic acids is 1. The van der Waals surface area contributed by atoms with E-state index >= 15 is 0 Å². The third kappa shape index (κ3) is 4.00. The van der Waals surface area contributed by atoms with E-state index < -0.39 is 21.9 Å².